The van der Waals surface area contributed by atoms with Gasteiger partial charge in [-0.2, -0.15) is 5.10 Å². The number of hydrogen-bond donors (Lipinski definition) is 1. The standard InChI is InChI=1S/C13H16N4O2/c1-9-7-11(16-12-4-5-15-17(9)12)13(18)14-8-10-3-2-6-19-10/h4-5,7,10H,2-3,6,8H2,1H3,(H,14,18). The van der Waals surface area contributed by atoms with Crippen molar-refractivity contribution in [2.75, 3.05) is 13.2 Å². The molecule has 19 heavy (non-hydrogen) atoms. The van der Waals surface area contributed by atoms with E-state index in [4.69, 9.17) is 4.74 Å². The van der Waals surface area contributed by atoms with Gasteiger partial charge < -0.3 is 10.1 Å². The smallest absolute Gasteiger partial charge is 0.270 e. The summed E-state index contributed by atoms with van der Waals surface area (Å²) in [6.07, 6.45) is 3.89. The van der Waals surface area contributed by atoms with Gasteiger partial charge in [-0.15, -0.1) is 0 Å². The normalized spacial score (nSPS) is 18.9. The van der Waals surface area contributed by atoms with Gasteiger partial charge >= 0.3 is 0 Å². The van der Waals surface area contributed by atoms with Crippen LogP contribution >= 0.6 is 0 Å². The number of rotatable bonds is 3. The third-order valence-corrected chi connectivity index (χ3v) is 3.28. The van der Waals surface area contributed by atoms with Crippen LogP contribution in [0.5, 0.6) is 0 Å². The molecule has 2 aromatic heterocycles. The zero-order chi connectivity index (χ0) is 13.2. The van der Waals surface area contributed by atoms with Gasteiger partial charge in [-0.05, 0) is 25.8 Å². The Balaban J connectivity index is 1.73. The molecular weight excluding hydrogens is 244 g/mol. The maximum Gasteiger partial charge on any atom is 0.270 e. The van der Waals surface area contributed by atoms with Crippen LogP contribution in [0, 0.1) is 6.92 Å². The molecule has 0 spiro atoms. The van der Waals surface area contributed by atoms with E-state index in [1.54, 1.807) is 22.8 Å². The second kappa shape index (κ2) is 4.97. The number of aryl methyl sites for hydroxylation is 1. The number of nitrogens with zero attached hydrogens (tertiary/aromatic N) is 3. The molecule has 0 aliphatic carbocycles. The molecule has 1 saturated heterocycles. The Bertz CT molecular complexity index is 602. The molecule has 3 rings (SSSR count). The summed E-state index contributed by atoms with van der Waals surface area (Å²) in [7, 11) is 0. The van der Waals surface area contributed by atoms with Crippen molar-refractivity contribution in [1.82, 2.24) is 19.9 Å². The highest BCUT2D eigenvalue weighted by Gasteiger charge is 2.17. The van der Waals surface area contributed by atoms with Gasteiger partial charge in [0, 0.05) is 24.9 Å². The Morgan fingerprint density at radius 2 is 2.53 bits per heavy atom. The zero-order valence-corrected chi connectivity index (χ0v) is 10.8. The van der Waals surface area contributed by atoms with Gasteiger partial charge in [0.15, 0.2) is 5.65 Å². The van der Waals surface area contributed by atoms with Crippen LogP contribution in [0.2, 0.25) is 0 Å². The molecule has 1 unspecified atom stereocenters. The first-order chi connectivity index (χ1) is 9.24. The molecule has 2 aromatic rings. The van der Waals surface area contributed by atoms with Gasteiger partial charge in [0.25, 0.3) is 5.91 Å². The van der Waals surface area contributed by atoms with E-state index in [2.05, 4.69) is 15.4 Å². The number of fused-ring (bicyclic) bond motifs is 1. The highest BCUT2D eigenvalue weighted by molar-refractivity contribution is 5.92. The van der Waals surface area contributed by atoms with Crippen molar-refractivity contribution >= 4 is 11.6 Å². The van der Waals surface area contributed by atoms with Crippen molar-refractivity contribution in [2.24, 2.45) is 0 Å². The summed E-state index contributed by atoms with van der Waals surface area (Å²) in [6.45, 7) is 3.24. The van der Waals surface area contributed by atoms with Crippen molar-refractivity contribution in [1.29, 1.82) is 0 Å². The summed E-state index contributed by atoms with van der Waals surface area (Å²) in [5, 5.41) is 7.00. The number of amides is 1. The maximum absolute atomic E-state index is 12.1. The topological polar surface area (TPSA) is 68.5 Å². The molecular formula is C13H16N4O2. The third kappa shape index (κ3) is 2.44. The molecule has 1 amide bonds. The lowest BCUT2D eigenvalue weighted by molar-refractivity contribution is 0.0853. The minimum Gasteiger partial charge on any atom is -0.376 e. The minimum atomic E-state index is -0.165. The van der Waals surface area contributed by atoms with Crippen LogP contribution in [0.1, 0.15) is 29.0 Å². The van der Waals surface area contributed by atoms with Gasteiger partial charge in [-0.1, -0.05) is 0 Å². The molecule has 1 atom stereocenters. The van der Waals surface area contributed by atoms with E-state index in [1.807, 2.05) is 6.92 Å². The molecule has 0 aromatic carbocycles. The highest BCUT2D eigenvalue weighted by atomic mass is 16.5. The number of aromatic nitrogens is 3. The lowest BCUT2D eigenvalue weighted by Gasteiger charge is -2.10. The average molecular weight is 260 g/mol. The van der Waals surface area contributed by atoms with Crippen molar-refractivity contribution < 1.29 is 9.53 Å². The second-order valence-corrected chi connectivity index (χ2v) is 4.73. The largest absolute Gasteiger partial charge is 0.376 e. The number of nitrogens with one attached hydrogen (secondary N) is 1. The summed E-state index contributed by atoms with van der Waals surface area (Å²) >= 11 is 0. The van der Waals surface area contributed by atoms with E-state index < -0.39 is 0 Å². The molecule has 3 heterocycles. The molecule has 1 fully saturated rings. The first-order valence-electron chi connectivity index (χ1n) is 6.45. The minimum absolute atomic E-state index is 0.142. The number of ether oxygens (including phenoxy) is 1. The predicted octanol–water partition coefficient (Wildman–Crippen LogP) is 0.947. The molecule has 1 N–H and O–H groups in total. The Morgan fingerprint density at radius 3 is 3.32 bits per heavy atom. The zero-order valence-electron chi connectivity index (χ0n) is 10.8. The third-order valence-electron chi connectivity index (χ3n) is 3.28. The predicted molar refractivity (Wildman–Crippen MR) is 69.0 cm³/mol. The van der Waals surface area contributed by atoms with Gasteiger partial charge in [0.1, 0.15) is 5.69 Å². The molecule has 0 saturated carbocycles. The highest BCUT2D eigenvalue weighted by Crippen LogP contribution is 2.11. The van der Waals surface area contributed by atoms with E-state index in [0.717, 1.165) is 25.1 Å². The summed E-state index contributed by atoms with van der Waals surface area (Å²) < 4.78 is 7.18. The fourth-order valence-electron chi connectivity index (χ4n) is 2.29. The Morgan fingerprint density at radius 1 is 1.63 bits per heavy atom. The molecule has 0 radical (unpaired) electrons. The first-order valence-corrected chi connectivity index (χ1v) is 6.45. The van der Waals surface area contributed by atoms with Crippen molar-refractivity contribution in [2.45, 2.75) is 25.9 Å². The Kier molecular flexibility index (Phi) is 3.16. The molecule has 6 heteroatoms. The summed E-state index contributed by atoms with van der Waals surface area (Å²) in [6, 6.07) is 3.52. The molecule has 100 valence electrons. The van der Waals surface area contributed by atoms with E-state index in [9.17, 15) is 4.79 Å². The van der Waals surface area contributed by atoms with E-state index in [-0.39, 0.29) is 12.0 Å². The van der Waals surface area contributed by atoms with Crippen molar-refractivity contribution in [3.63, 3.8) is 0 Å². The number of carbonyl (C=O) groups is 1. The van der Waals surface area contributed by atoms with Crippen LogP contribution in [-0.4, -0.2) is 39.8 Å². The van der Waals surface area contributed by atoms with E-state index in [1.165, 1.54) is 0 Å². The van der Waals surface area contributed by atoms with Gasteiger partial charge in [-0.3, -0.25) is 4.79 Å². The summed E-state index contributed by atoms with van der Waals surface area (Å²) in [4.78, 5) is 16.3. The van der Waals surface area contributed by atoms with Crippen LogP contribution in [-0.2, 0) is 4.74 Å². The summed E-state index contributed by atoms with van der Waals surface area (Å²) in [5.74, 6) is -0.165. The van der Waals surface area contributed by atoms with Crippen LogP contribution in [0.25, 0.3) is 5.65 Å². The van der Waals surface area contributed by atoms with Crippen LogP contribution in [0.15, 0.2) is 18.3 Å². The molecule has 1 aliphatic rings. The van der Waals surface area contributed by atoms with Gasteiger partial charge in [0.05, 0.1) is 12.3 Å². The van der Waals surface area contributed by atoms with Crippen molar-refractivity contribution in [3.05, 3.63) is 29.7 Å². The Hall–Kier alpha value is -1.95. The molecule has 1 aliphatic heterocycles. The van der Waals surface area contributed by atoms with E-state index in [0.29, 0.717) is 17.9 Å². The van der Waals surface area contributed by atoms with Crippen LogP contribution in [0.3, 0.4) is 0 Å². The van der Waals surface area contributed by atoms with Gasteiger partial charge in [0.2, 0.25) is 0 Å². The maximum atomic E-state index is 12.1. The summed E-state index contributed by atoms with van der Waals surface area (Å²) in [5.41, 5.74) is 1.99. The molecule has 0 bridgehead atoms. The lowest BCUT2D eigenvalue weighted by Crippen LogP contribution is -2.32. The fraction of sp³-hybridized carbons (Fsp3) is 0.462. The van der Waals surface area contributed by atoms with Gasteiger partial charge in [-0.25, -0.2) is 9.50 Å². The van der Waals surface area contributed by atoms with Crippen LogP contribution < -0.4 is 5.32 Å². The SMILES string of the molecule is Cc1cc(C(=O)NCC2CCCO2)nc2ccnn12. The van der Waals surface area contributed by atoms with E-state index >= 15 is 0 Å². The van der Waals surface area contributed by atoms with Crippen LogP contribution in [0.4, 0.5) is 0 Å². The quantitative estimate of drug-likeness (QED) is 0.892. The first kappa shape index (κ1) is 12.1. The number of carbonyl (C=O) groups excluding carboxylic acids is 1. The second-order valence-electron chi connectivity index (χ2n) is 4.73. The monoisotopic (exact) mass is 260 g/mol. The number of hydrogen-bond acceptors (Lipinski definition) is 4. The Labute approximate surface area is 110 Å². The fourth-order valence-corrected chi connectivity index (χ4v) is 2.29. The lowest BCUT2D eigenvalue weighted by atomic mass is 10.2. The molecule has 6 nitrogen and oxygen atoms in total. The van der Waals surface area contributed by atoms with Crippen molar-refractivity contribution in [3.8, 4) is 0 Å². The average Bonchev–Trinajstić information content (AvgIpc) is 3.06.